The van der Waals surface area contributed by atoms with E-state index in [9.17, 15) is 48.3 Å². The zero-order valence-corrected chi connectivity index (χ0v) is 64.7. The normalized spacial score (nSPS) is 25.8. The van der Waals surface area contributed by atoms with Crippen LogP contribution in [0.3, 0.4) is 0 Å². The molecule has 2 saturated carbocycles. The molecule has 105 heavy (non-hydrogen) atoms. The van der Waals surface area contributed by atoms with Gasteiger partial charge in [0.25, 0.3) is 5.56 Å². The minimum Gasteiger partial charge on any atom is -0.471 e. The van der Waals surface area contributed by atoms with Gasteiger partial charge in [0.1, 0.15) is 40.8 Å². The maximum atomic E-state index is 14.5. The van der Waals surface area contributed by atoms with E-state index in [4.69, 9.17) is 80.1 Å². The average molecular weight is 1560 g/mol. The summed E-state index contributed by atoms with van der Waals surface area (Å²) in [5, 5.41) is 21.1. The molecular formula is C76H90Cl4N8O15S2. The van der Waals surface area contributed by atoms with E-state index in [2.05, 4.69) is 32.8 Å². The van der Waals surface area contributed by atoms with Crippen LogP contribution in [0.2, 0.25) is 20.1 Å². The van der Waals surface area contributed by atoms with E-state index in [0.29, 0.717) is 92.1 Å². The van der Waals surface area contributed by atoms with Crippen LogP contribution in [0.15, 0.2) is 88.4 Å². The van der Waals surface area contributed by atoms with E-state index < -0.39 is 88.4 Å². The van der Waals surface area contributed by atoms with Crippen LogP contribution in [0, 0.1) is 22.7 Å². The third-order valence-corrected chi connectivity index (χ3v) is 22.3. The van der Waals surface area contributed by atoms with Gasteiger partial charge in [-0.3, -0.25) is 33.6 Å². The lowest BCUT2D eigenvalue weighted by Crippen LogP contribution is -2.52. The summed E-state index contributed by atoms with van der Waals surface area (Å²) in [4.78, 5) is 141. The molecule has 564 valence electrons. The summed E-state index contributed by atoms with van der Waals surface area (Å²) >= 11 is 27.4. The molecule has 2 aliphatic carbocycles. The first kappa shape index (κ1) is 80.0. The quantitative estimate of drug-likeness (QED) is 0.0563. The van der Waals surface area contributed by atoms with Crippen molar-refractivity contribution in [2.75, 3.05) is 26.3 Å². The van der Waals surface area contributed by atoms with Crippen molar-refractivity contribution in [1.29, 1.82) is 0 Å². The molecule has 6 aromatic rings. The number of hydrogen-bond acceptors (Lipinski definition) is 20. The van der Waals surface area contributed by atoms with Crippen molar-refractivity contribution in [1.82, 2.24) is 40.4 Å². The highest BCUT2D eigenvalue weighted by Gasteiger charge is 2.63. The molecular weight excluding hydrogens is 1470 g/mol. The maximum Gasteiger partial charge on any atom is 0.408 e. The molecule has 12 rings (SSSR count). The van der Waals surface area contributed by atoms with E-state index in [1.54, 1.807) is 79.7 Å². The number of aliphatic hydroxyl groups excluding tert-OH is 1. The minimum absolute atomic E-state index is 0.0114. The van der Waals surface area contributed by atoms with Gasteiger partial charge >= 0.3 is 24.1 Å². The fourth-order valence-corrected chi connectivity index (χ4v) is 15.9. The SMILES string of the molecule is CCOC(=O)[C@]12CC(=O)[C@@H]3CC(Oc4nc5cc(Cl)c(Cl)cc5nc4-c4cccs4)CN3C(=O)[C@@H](NC(=O)OC(C)(C)C)CCCCC/C=C\[C@@H]1C2.CCOC(=O)[C@]12CC(=O)[C@@H]3C[C@H](O)CN3C(=O)[C@@H](NC(=O)OC(C)(C)C)CCCCC/C=C\[C@@H]1C2.O=c1[nH]c2cc(Cl)c(Cl)cc2nc1-c1cccs1. The minimum atomic E-state index is -0.984. The molecule has 4 N–H and O–H groups in total. The highest BCUT2D eigenvalue weighted by molar-refractivity contribution is 7.13. The number of ketones is 2. The number of nitrogens with one attached hydrogen (secondary N) is 3. The first-order chi connectivity index (χ1) is 49.9. The van der Waals surface area contributed by atoms with Crippen molar-refractivity contribution in [2.45, 2.75) is 206 Å². The van der Waals surface area contributed by atoms with Crippen molar-refractivity contribution in [3.63, 3.8) is 0 Å². The number of benzene rings is 2. The van der Waals surface area contributed by atoms with Crippen LogP contribution < -0.4 is 20.9 Å². The summed E-state index contributed by atoms with van der Waals surface area (Å²) in [7, 11) is 0. The number of halogens is 4. The van der Waals surface area contributed by atoms with Crippen molar-refractivity contribution >= 4 is 139 Å². The number of Topliss-reactive ketones (excluding diaryl/α,β-unsaturated/α-hetero) is 2. The van der Waals surface area contributed by atoms with Crippen LogP contribution >= 0.6 is 69.1 Å². The number of aromatic amines is 1. The molecule has 2 aromatic carbocycles. The van der Waals surface area contributed by atoms with Gasteiger partial charge in [-0.05, 0) is 166 Å². The molecule has 4 aromatic heterocycles. The fourth-order valence-electron chi connectivity index (χ4n) is 13.8. The maximum absolute atomic E-state index is 14.5. The standard InChI is InChI=1S/C38H44Cl2N4O7S.C26H40N2O7.C12H6Cl2N2OS/c1-5-49-35(47)38-19-22(38)12-9-7-6-8-10-13-26(43-36(48)51-37(2,3)4)34(46)44-21-23(16-29(44)30(45)20-38)50-33-32(31-14-11-15-52-31)41-27-17-24(39)25(40)18-28(27)42-33;1-5-34-23(32)26-14-17(26)11-9-7-6-8-10-12-19(27-24(33)35-25(2,3)4)22(31)28-16-18(29)13-20(28)21(30)15-26;13-6-4-8-9(5-7(6)14)16-12(17)11(15-8)10-2-1-3-18-10/h9,11-12,14-15,17-18,22-23,26,29H,5-8,10,13,16,19-21H2,1-4H3,(H,43,48);9,11,17-20,29H,5-8,10,12-16H2,1-4H3,(H,27,33);1-5H,(H,16,17)/b12-9-;11-9-;/t22-,23?,26+,29+,38-;17-,18+,19+,20+,26-;/m11./s1. The number of amides is 4. The number of carbonyl (C=O) groups is 8. The predicted molar refractivity (Wildman–Crippen MR) is 404 cm³/mol. The molecule has 4 fully saturated rings. The number of allylic oxidation sites excluding steroid dienone is 4. The van der Waals surface area contributed by atoms with Gasteiger partial charge in [-0.15, -0.1) is 22.7 Å². The smallest absolute Gasteiger partial charge is 0.408 e. The third kappa shape index (κ3) is 20.2. The molecule has 2 saturated heterocycles. The van der Waals surface area contributed by atoms with Gasteiger partial charge in [0, 0.05) is 32.2 Å². The molecule has 4 aliphatic heterocycles. The van der Waals surface area contributed by atoms with Crippen LogP contribution in [-0.4, -0.2) is 156 Å². The predicted octanol–water partition coefficient (Wildman–Crippen LogP) is 14.8. The summed E-state index contributed by atoms with van der Waals surface area (Å²) in [6, 6.07) is 10.5. The number of aliphatic hydroxyl groups is 1. The largest absolute Gasteiger partial charge is 0.471 e. The number of rotatable bonds is 10. The van der Waals surface area contributed by atoms with Gasteiger partial charge < -0.3 is 54.2 Å². The van der Waals surface area contributed by atoms with E-state index >= 15 is 0 Å². The van der Waals surface area contributed by atoms with Crippen LogP contribution in [0.1, 0.15) is 158 Å². The number of esters is 2. The van der Waals surface area contributed by atoms with Crippen molar-refractivity contribution < 1.29 is 67.1 Å². The van der Waals surface area contributed by atoms with Gasteiger partial charge in [-0.1, -0.05) is 109 Å². The third-order valence-electron chi connectivity index (χ3n) is 19.1. The van der Waals surface area contributed by atoms with Gasteiger partial charge in [0.05, 0.1) is 101 Å². The lowest BCUT2D eigenvalue weighted by molar-refractivity contribution is -0.153. The fraction of sp³-hybridized carbons (Fsp3) is 0.526. The number of alkyl carbamates (subject to hydrolysis) is 2. The second-order valence-corrected chi connectivity index (χ2v) is 32.9. The Balaban J connectivity index is 0.000000190. The molecule has 8 heterocycles. The number of hydrogen-bond donors (Lipinski definition) is 4. The molecule has 10 atom stereocenters. The summed E-state index contributed by atoms with van der Waals surface area (Å²) in [5.41, 5.74) is -0.531. The summed E-state index contributed by atoms with van der Waals surface area (Å²) in [5.74, 6) is -2.09. The van der Waals surface area contributed by atoms with Crippen molar-refractivity contribution in [3.8, 4) is 27.0 Å². The topological polar surface area (TPSA) is 305 Å². The number of carbonyl (C=O) groups excluding carboxylic acids is 8. The highest BCUT2D eigenvalue weighted by Crippen LogP contribution is 2.59. The summed E-state index contributed by atoms with van der Waals surface area (Å²) in [6.45, 7) is 14.5. The second-order valence-electron chi connectivity index (χ2n) is 29.4. The Morgan fingerprint density at radius 1 is 0.610 bits per heavy atom. The Kier molecular flexibility index (Phi) is 26.4. The number of thiophene rings is 2. The Labute approximate surface area is 637 Å². The van der Waals surface area contributed by atoms with E-state index in [1.807, 2.05) is 47.2 Å². The number of ether oxygens (including phenoxy) is 5. The number of aromatic nitrogens is 4. The highest BCUT2D eigenvalue weighted by atomic mass is 35.5. The molecule has 23 nitrogen and oxygen atoms in total. The molecule has 0 bridgehead atoms. The Bertz CT molecular complexity index is 4310. The lowest BCUT2D eigenvalue weighted by atomic mass is 9.91. The zero-order valence-electron chi connectivity index (χ0n) is 60.1. The van der Waals surface area contributed by atoms with E-state index in [0.717, 1.165) is 48.3 Å². The van der Waals surface area contributed by atoms with Crippen LogP contribution in [0.4, 0.5) is 9.59 Å². The van der Waals surface area contributed by atoms with Gasteiger partial charge in [0.15, 0.2) is 11.6 Å². The molecule has 0 radical (unpaired) electrons. The first-order valence-electron chi connectivity index (χ1n) is 35.7. The number of nitrogens with zero attached hydrogens (tertiary/aromatic N) is 5. The van der Waals surface area contributed by atoms with Crippen LogP contribution in [0.25, 0.3) is 43.2 Å². The molecule has 6 aliphatic rings. The average Bonchev–Trinajstić information content (AvgIpc) is 1.59. The lowest BCUT2D eigenvalue weighted by Gasteiger charge is -2.30. The Morgan fingerprint density at radius 3 is 1.55 bits per heavy atom. The van der Waals surface area contributed by atoms with E-state index in [1.165, 1.54) is 32.5 Å². The van der Waals surface area contributed by atoms with Gasteiger partial charge in [-0.2, -0.15) is 0 Å². The summed E-state index contributed by atoms with van der Waals surface area (Å²) < 4.78 is 28.2. The molecule has 1 unspecified atom stereocenters. The zero-order chi connectivity index (χ0) is 75.7. The molecule has 4 amide bonds. The van der Waals surface area contributed by atoms with E-state index in [-0.39, 0.29) is 92.8 Å². The Hall–Kier alpha value is -7.52. The van der Waals surface area contributed by atoms with Gasteiger partial charge in [0.2, 0.25) is 17.7 Å². The molecule has 0 spiro atoms. The number of H-pyrrole nitrogens is 1. The second kappa shape index (κ2) is 34.6. The summed E-state index contributed by atoms with van der Waals surface area (Å²) in [6.07, 6.45) is 13.7. The van der Waals surface area contributed by atoms with Crippen molar-refractivity contribution in [3.05, 3.63) is 114 Å². The first-order valence-corrected chi connectivity index (χ1v) is 39.0. The Morgan fingerprint density at radius 2 is 1.07 bits per heavy atom. The van der Waals surface area contributed by atoms with Crippen LogP contribution in [-0.2, 0) is 47.7 Å². The molecule has 29 heteroatoms. The van der Waals surface area contributed by atoms with Crippen molar-refractivity contribution in [2.24, 2.45) is 22.7 Å². The van der Waals surface area contributed by atoms with Gasteiger partial charge in [-0.25, -0.2) is 24.5 Å². The monoisotopic (exact) mass is 1560 g/mol. The number of fused-ring (bicyclic) bond motifs is 6. The van der Waals surface area contributed by atoms with Crippen LogP contribution in [0.5, 0.6) is 5.88 Å².